The number of benzene rings is 1. The van der Waals surface area contributed by atoms with E-state index in [-0.39, 0.29) is 6.54 Å². The molecule has 21 heavy (non-hydrogen) atoms. The molecule has 5 amide bonds. The minimum absolute atomic E-state index is 0.0956. The number of urea groups is 1. The zero-order valence-electron chi connectivity index (χ0n) is 11.1. The zero-order valence-corrected chi connectivity index (χ0v) is 13.3. The Labute approximate surface area is 134 Å². The molecule has 0 aromatic heterocycles. The summed E-state index contributed by atoms with van der Waals surface area (Å²) < 4.78 is 0.936. The normalized spacial score (nSPS) is 14.9. The Bertz CT molecular complexity index is 632. The fraction of sp³-hybridized carbons (Fsp3) is 0.231. The van der Waals surface area contributed by atoms with Crippen LogP contribution in [0.25, 0.3) is 0 Å². The van der Waals surface area contributed by atoms with Gasteiger partial charge >= 0.3 is 17.8 Å². The molecule has 1 aromatic carbocycles. The molecule has 2 rings (SSSR count). The van der Waals surface area contributed by atoms with Crippen LogP contribution in [0.15, 0.2) is 24.3 Å². The number of nitrogens with one attached hydrogen (secondary N) is 1. The number of imide groups is 2. The molecule has 1 N–H and O–H groups in total. The first-order valence-corrected chi connectivity index (χ1v) is 7.24. The predicted octanol–water partition coefficient (Wildman–Crippen LogP) is 1.04. The van der Waals surface area contributed by atoms with Gasteiger partial charge in [0.1, 0.15) is 6.54 Å². The summed E-state index contributed by atoms with van der Waals surface area (Å²) in [6.07, 6.45) is 0. The summed E-state index contributed by atoms with van der Waals surface area (Å²) in [4.78, 5) is 48.3. The molecule has 1 aliphatic rings. The lowest BCUT2D eigenvalue weighted by Crippen LogP contribution is -2.38. The van der Waals surface area contributed by atoms with Gasteiger partial charge in [-0.3, -0.25) is 19.3 Å². The summed E-state index contributed by atoms with van der Waals surface area (Å²) in [6, 6.07) is 6.31. The van der Waals surface area contributed by atoms with Gasteiger partial charge in [-0.25, -0.2) is 9.69 Å². The van der Waals surface area contributed by atoms with E-state index in [9.17, 15) is 19.2 Å². The Morgan fingerprint density at radius 2 is 1.86 bits per heavy atom. The third kappa shape index (κ3) is 3.20. The van der Waals surface area contributed by atoms with Crippen LogP contribution in [0.2, 0.25) is 0 Å². The summed E-state index contributed by atoms with van der Waals surface area (Å²) in [7, 11) is 0. The molecular formula is C13H12IN3O4. The van der Waals surface area contributed by atoms with Crippen LogP contribution in [-0.4, -0.2) is 46.6 Å². The van der Waals surface area contributed by atoms with Gasteiger partial charge in [0.15, 0.2) is 0 Å². The summed E-state index contributed by atoms with van der Waals surface area (Å²) in [6.45, 7) is 1.20. The molecule has 0 saturated carbocycles. The summed E-state index contributed by atoms with van der Waals surface area (Å²) >= 11 is 2.10. The lowest BCUT2D eigenvalue weighted by Gasteiger charge is -2.14. The van der Waals surface area contributed by atoms with Crippen LogP contribution >= 0.6 is 22.6 Å². The van der Waals surface area contributed by atoms with Crippen molar-refractivity contribution in [3.05, 3.63) is 27.8 Å². The average molecular weight is 401 g/mol. The molecule has 1 aliphatic heterocycles. The van der Waals surface area contributed by atoms with Crippen LogP contribution in [0.1, 0.15) is 6.92 Å². The van der Waals surface area contributed by atoms with E-state index >= 15 is 0 Å². The van der Waals surface area contributed by atoms with Crippen molar-refractivity contribution in [3.8, 4) is 0 Å². The average Bonchev–Trinajstić information content (AvgIpc) is 2.62. The first kappa shape index (κ1) is 15.4. The van der Waals surface area contributed by atoms with Crippen molar-refractivity contribution in [1.29, 1.82) is 0 Å². The molecule has 1 aromatic rings. The van der Waals surface area contributed by atoms with Crippen molar-refractivity contribution >= 4 is 52.0 Å². The third-order valence-electron chi connectivity index (χ3n) is 2.86. The van der Waals surface area contributed by atoms with Crippen molar-refractivity contribution in [2.75, 3.05) is 18.4 Å². The highest BCUT2D eigenvalue weighted by atomic mass is 127. The number of carbonyl (C=O) groups excluding carboxylic acids is 4. The van der Waals surface area contributed by atoms with Gasteiger partial charge < -0.3 is 5.32 Å². The standard InChI is InChI=1S/C13H12IN3O4/c1-2-16-11(19)12(20)17(13(16)21)7-10(18)15-9-5-3-4-8(14)6-9/h3-6H,2,7H2,1H3,(H,15,18). The molecule has 1 heterocycles. The van der Waals surface area contributed by atoms with Crippen LogP contribution in [0.3, 0.4) is 0 Å². The molecule has 0 aliphatic carbocycles. The molecule has 0 bridgehead atoms. The molecule has 0 unspecified atom stereocenters. The van der Waals surface area contributed by atoms with Crippen LogP contribution in [0, 0.1) is 3.57 Å². The second kappa shape index (κ2) is 6.20. The Balaban J connectivity index is 2.05. The van der Waals surface area contributed by atoms with E-state index < -0.39 is 30.3 Å². The van der Waals surface area contributed by atoms with Crippen molar-refractivity contribution < 1.29 is 19.2 Å². The van der Waals surface area contributed by atoms with Gasteiger partial charge in [0.05, 0.1) is 0 Å². The van der Waals surface area contributed by atoms with Crippen LogP contribution in [0.5, 0.6) is 0 Å². The van der Waals surface area contributed by atoms with Gasteiger partial charge in [0, 0.05) is 15.8 Å². The molecule has 0 spiro atoms. The molecule has 0 radical (unpaired) electrons. The van der Waals surface area contributed by atoms with Crippen molar-refractivity contribution in [1.82, 2.24) is 9.80 Å². The zero-order chi connectivity index (χ0) is 15.6. The molecule has 0 atom stereocenters. The molecular weight excluding hydrogens is 389 g/mol. The first-order valence-electron chi connectivity index (χ1n) is 6.16. The van der Waals surface area contributed by atoms with Crippen LogP contribution < -0.4 is 5.32 Å². The smallest absolute Gasteiger partial charge is 0.324 e. The van der Waals surface area contributed by atoms with E-state index in [4.69, 9.17) is 0 Å². The Kier molecular flexibility index (Phi) is 4.56. The number of nitrogens with zero attached hydrogens (tertiary/aromatic N) is 2. The minimum Gasteiger partial charge on any atom is -0.324 e. The molecule has 110 valence electrons. The van der Waals surface area contributed by atoms with E-state index in [0.717, 1.165) is 8.47 Å². The van der Waals surface area contributed by atoms with Gasteiger partial charge in [0.2, 0.25) is 5.91 Å². The number of amides is 5. The van der Waals surface area contributed by atoms with Gasteiger partial charge in [-0.15, -0.1) is 0 Å². The fourth-order valence-corrected chi connectivity index (χ4v) is 2.42. The number of hydrogen-bond acceptors (Lipinski definition) is 4. The highest BCUT2D eigenvalue weighted by Crippen LogP contribution is 2.14. The van der Waals surface area contributed by atoms with E-state index in [1.165, 1.54) is 0 Å². The Hall–Kier alpha value is -1.97. The Morgan fingerprint density at radius 1 is 1.19 bits per heavy atom. The van der Waals surface area contributed by atoms with E-state index in [1.54, 1.807) is 25.1 Å². The minimum atomic E-state index is -0.973. The SMILES string of the molecule is CCN1C(=O)C(=O)N(CC(=O)Nc2cccc(I)c2)C1=O. The van der Waals surface area contributed by atoms with Crippen molar-refractivity contribution in [2.45, 2.75) is 6.92 Å². The predicted molar refractivity (Wildman–Crippen MR) is 82.3 cm³/mol. The second-order valence-electron chi connectivity index (χ2n) is 4.28. The van der Waals surface area contributed by atoms with E-state index in [1.807, 2.05) is 6.07 Å². The first-order chi connectivity index (χ1) is 9.93. The topological polar surface area (TPSA) is 86.8 Å². The van der Waals surface area contributed by atoms with Gasteiger partial charge in [-0.05, 0) is 47.7 Å². The molecule has 1 fully saturated rings. The highest BCUT2D eigenvalue weighted by Gasteiger charge is 2.44. The molecule has 1 saturated heterocycles. The maximum Gasteiger partial charge on any atom is 0.334 e. The van der Waals surface area contributed by atoms with E-state index in [0.29, 0.717) is 10.6 Å². The summed E-state index contributed by atoms with van der Waals surface area (Å²) in [5, 5.41) is 2.58. The number of hydrogen-bond donors (Lipinski definition) is 1. The van der Waals surface area contributed by atoms with Crippen molar-refractivity contribution in [2.24, 2.45) is 0 Å². The number of likely N-dealkylation sites (N-methyl/N-ethyl adjacent to an activating group) is 1. The monoisotopic (exact) mass is 401 g/mol. The van der Waals surface area contributed by atoms with Crippen molar-refractivity contribution in [3.63, 3.8) is 0 Å². The second-order valence-corrected chi connectivity index (χ2v) is 5.53. The largest absolute Gasteiger partial charge is 0.334 e. The lowest BCUT2D eigenvalue weighted by atomic mass is 10.3. The van der Waals surface area contributed by atoms with Gasteiger partial charge in [0.25, 0.3) is 0 Å². The third-order valence-corrected chi connectivity index (χ3v) is 3.53. The number of halogens is 1. The van der Waals surface area contributed by atoms with Gasteiger partial charge in [-0.1, -0.05) is 6.07 Å². The Morgan fingerprint density at radius 3 is 2.43 bits per heavy atom. The maximum absolute atomic E-state index is 11.9. The van der Waals surface area contributed by atoms with E-state index in [2.05, 4.69) is 27.9 Å². The summed E-state index contributed by atoms with van der Waals surface area (Å²) in [5.41, 5.74) is 0.560. The van der Waals surface area contributed by atoms with Crippen LogP contribution in [-0.2, 0) is 14.4 Å². The summed E-state index contributed by atoms with van der Waals surface area (Å²) in [5.74, 6) is -2.41. The highest BCUT2D eigenvalue weighted by molar-refractivity contribution is 14.1. The number of anilines is 1. The quantitative estimate of drug-likeness (QED) is 0.464. The number of rotatable bonds is 4. The molecule has 7 nitrogen and oxygen atoms in total. The van der Waals surface area contributed by atoms with Crippen LogP contribution in [0.4, 0.5) is 10.5 Å². The number of carbonyl (C=O) groups is 4. The van der Waals surface area contributed by atoms with Gasteiger partial charge in [-0.2, -0.15) is 0 Å². The maximum atomic E-state index is 11.9. The lowest BCUT2D eigenvalue weighted by molar-refractivity contribution is -0.143. The molecule has 8 heteroatoms. The fourth-order valence-electron chi connectivity index (χ4n) is 1.88.